The van der Waals surface area contributed by atoms with E-state index in [1.807, 2.05) is 21.0 Å². The normalized spacial score (nSPS) is 12.1. The summed E-state index contributed by atoms with van der Waals surface area (Å²) in [6, 6.07) is 0. The van der Waals surface area contributed by atoms with Gasteiger partial charge in [-0.1, -0.05) is 12.2 Å². The highest BCUT2D eigenvalue weighted by Gasteiger charge is 1.98. The Labute approximate surface area is 67.2 Å². The van der Waals surface area contributed by atoms with E-state index in [1.54, 1.807) is 23.3 Å². The smallest absolute Gasteiger partial charge is 0.250 e. The lowest BCUT2D eigenvalue weighted by Crippen LogP contribution is -2.15. The topological polar surface area (TPSA) is 46.3 Å². The van der Waals surface area contributed by atoms with E-state index in [9.17, 15) is 4.79 Å². The zero-order chi connectivity index (χ0) is 8.85. The highest BCUT2D eigenvalue weighted by atomic mass is 16.1. The molecule has 11 heavy (non-hydrogen) atoms. The molecule has 3 heteroatoms. The van der Waals surface area contributed by atoms with Crippen molar-refractivity contribution < 1.29 is 4.79 Å². The molecule has 0 spiro atoms. The minimum absolute atomic E-state index is 0.406. The number of rotatable bonds is 3. The molecule has 0 rings (SSSR count). The lowest BCUT2D eigenvalue weighted by atomic mass is 10.2. The second kappa shape index (κ2) is 4.55. The molecule has 0 aliphatic heterocycles. The first-order valence-electron chi connectivity index (χ1n) is 3.38. The van der Waals surface area contributed by atoms with Gasteiger partial charge < -0.3 is 10.6 Å². The number of nitrogens with two attached hydrogens (primary N) is 1. The Balaban J connectivity index is 4.46. The van der Waals surface area contributed by atoms with Crippen LogP contribution >= 0.6 is 0 Å². The van der Waals surface area contributed by atoms with Crippen LogP contribution in [0.25, 0.3) is 0 Å². The molecule has 0 saturated carbocycles. The number of nitrogens with zero attached hydrogens (tertiary/aromatic N) is 1. The van der Waals surface area contributed by atoms with Crippen LogP contribution in [-0.4, -0.2) is 24.9 Å². The van der Waals surface area contributed by atoms with Crippen molar-refractivity contribution in [1.82, 2.24) is 4.90 Å². The number of hydrogen-bond acceptors (Lipinski definition) is 2. The van der Waals surface area contributed by atoms with Crippen molar-refractivity contribution in [2.45, 2.75) is 6.92 Å². The van der Waals surface area contributed by atoms with Gasteiger partial charge in [-0.15, -0.1) is 0 Å². The molecular weight excluding hydrogens is 140 g/mol. The van der Waals surface area contributed by atoms with E-state index in [2.05, 4.69) is 0 Å². The van der Waals surface area contributed by atoms with Gasteiger partial charge in [-0.05, 0) is 6.92 Å². The molecule has 2 N–H and O–H groups in total. The standard InChI is InChI=1S/C8H14N2O/c1-4-5-7(8(9)11)6-10(2)3/h4-6H,1-3H3,(H2,9,11). The molecule has 0 aromatic carbocycles. The summed E-state index contributed by atoms with van der Waals surface area (Å²) in [5.74, 6) is -0.406. The van der Waals surface area contributed by atoms with Crippen LogP contribution in [0.1, 0.15) is 6.92 Å². The lowest BCUT2D eigenvalue weighted by molar-refractivity contribution is -0.114. The molecule has 62 valence electrons. The number of hydrogen-bond donors (Lipinski definition) is 1. The molecule has 1 amide bonds. The molecule has 0 aliphatic rings. The van der Waals surface area contributed by atoms with E-state index in [0.29, 0.717) is 5.57 Å². The summed E-state index contributed by atoms with van der Waals surface area (Å²) in [7, 11) is 3.68. The predicted octanol–water partition coefficient (Wildman–Crippen LogP) is 0.493. The van der Waals surface area contributed by atoms with Crippen LogP contribution in [0.15, 0.2) is 23.9 Å². The molecule has 0 atom stereocenters. The van der Waals surface area contributed by atoms with Crippen molar-refractivity contribution in [1.29, 1.82) is 0 Å². The highest BCUT2D eigenvalue weighted by Crippen LogP contribution is 1.96. The summed E-state index contributed by atoms with van der Waals surface area (Å²) in [5, 5.41) is 0. The van der Waals surface area contributed by atoms with E-state index in [0.717, 1.165) is 0 Å². The summed E-state index contributed by atoms with van der Waals surface area (Å²) >= 11 is 0. The second-order valence-corrected chi connectivity index (χ2v) is 2.41. The summed E-state index contributed by atoms with van der Waals surface area (Å²) in [4.78, 5) is 12.5. The lowest BCUT2D eigenvalue weighted by Gasteiger charge is -2.05. The van der Waals surface area contributed by atoms with E-state index in [-0.39, 0.29) is 0 Å². The van der Waals surface area contributed by atoms with Crippen molar-refractivity contribution in [2.24, 2.45) is 5.73 Å². The van der Waals surface area contributed by atoms with Gasteiger partial charge in [-0.25, -0.2) is 0 Å². The Morgan fingerprint density at radius 3 is 2.27 bits per heavy atom. The van der Waals surface area contributed by atoms with E-state index in [1.165, 1.54) is 0 Å². The Bertz CT molecular complexity index is 192. The van der Waals surface area contributed by atoms with E-state index < -0.39 is 5.91 Å². The molecule has 0 aliphatic carbocycles. The quantitative estimate of drug-likeness (QED) is 0.475. The summed E-state index contributed by atoms with van der Waals surface area (Å²) < 4.78 is 0. The van der Waals surface area contributed by atoms with Crippen LogP contribution in [-0.2, 0) is 4.79 Å². The van der Waals surface area contributed by atoms with Crippen LogP contribution < -0.4 is 5.73 Å². The zero-order valence-electron chi connectivity index (χ0n) is 7.16. The molecule has 0 fully saturated rings. The van der Waals surface area contributed by atoms with E-state index in [4.69, 9.17) is 5.73 Å². The fraction of sp³-hybridized carbons (Fsp3) is 0.375. The second-order valence-electron chi connectivity index (χ2n) is 2.41. The largest absolute Gasteiger partial charge is 0.383 e. The minimum atomic E-state index is -0.406. The fourth-order valence-electron chi connectivity index (χ4n) is 0.647. The minimum Gasteiger partial charge on any atom is -0.383 e. The molecular formula is C8H14N2O. The zero-order valence-corrected chi connectivity index (χ0v) is 7.16. The maximum atomic E-state index is 10.7. The van der Waals surface area contributed by atoms with Gasteiger partial charge in [0.15, 0.2) is 0 Å². The van der Waals surface area contributed by atoms with Crippen molar-refractivity contribution in [3.63, 3.8) is 0 Å². The van der Waals surface area contributed by atoms with Gasteiger partial charge in [0.25, 0.3) is 0 Å². The number of primary amides is 1. The Morgan fingerprint density at radius 1 is 1.45 bits per heavy atom. The average Bonchev–Trinajstić information content (AvgIpc) is 1.86. The van der Waals surface area contributed by atoms with Gasteiger partial charge in [-0.2, -0.15) is 0 Å². The van der Waals surface area contributed by atoms with Gasteiger partial charge >= 0.3 is 0 Å². The molecule has 0 bridgehead atoms. The molecule has 0 aromatic rings. The Hall–Kier alpha value is -1.25. The maximum Gasteiger partial charge on any atom is 0.250 e. The molecule has 3 nitrogen and oxygen atoms in total. The average molecular weight is 154 g/mol. The summed E-state index contributed by atoms with van der Waals surface area (Å²) in [6.45, 7) is 1.84. The predicted molar refractivity (Wildman–Crippen MR) is 45.8 cm³/mol. The van der Waals surface area contributed by atoms with Crippen LogP contribution in [0.3, 0.4) is 0 Å². The van der Waals surface area contributed by atoms with Gasteiger partial charge in [-0.3, -0.25) is 4.79 Å². The van der Waals surface area contributed by atoms with Crippen LogP contribution in [0.4, 0.5) is 0 Å². The summed E-state index contributed by atoms with van der Waals surface area (Å²) in [6.07, 6.45) is 5.14. The molecule has 0 heterocycles. The van der Waals surface area contributed by atoms with Crippen LogP contribution in [0, 0.1) is 0 Å². The summed E-state index contributed by atoms with van der Waals surface area (Å²) in [5.41, 5.74) is 5.60. The maximum absolute atomic E-state index is 10.7. The molecule has 0 radical (unpaired) electrons. The van der Waals surface area contributed by atoms with Gasteiger partial charge in [0.1, 0.15) is 0 Å². The molecule has 0 aromatic heterocycles. The third-order valence-corrected chi connectivity index (χ3v) is 1.03. The first-order chi connectivity index (χ1) is 5.07. The van der Waals surface area contributed by atoms with Gasteiger partial charge in [0.2, 0.25) is 5.91 Å². The Morgan fingerprint density at radius 2 is 2.00 bits per heavy atom. The number of carbonyl (C=O) groups is 1. The fourth-order valence-corrected chi connectivity index (χ4v) is 0.647. The Kier molecular flexibility index (Phi) is 4.03. The molecule has 0 unspecified atom stereocenters. The SMILES string of the molecule is CC=CC(=CN(C)C)C(N)=O. The van der Waals surface area contributed by atoms with Crippen molar-refractivity contribution >= 4 is 5.91 Å². The third kappa shape index (κ3) is 4.19. The number of amides is 1. The monoisotopic (exact) mass is 154 g/mol. The van der Waals surface area contributed by atoms with Gasteiger partial charge in [0, 0.05) is 20.3 Å². The van der Waals surface area contributed by atoms with Crippen molar-refractivity contribution in [3.8, 4) is 0 Å². The van der Waals surface area contributed by atoms with Crippen molar-refractivity contribution in [2.75, 3.05) is 14.1 Å². The third-order valence-electron chi connectivity index (χ3n) is 1.03. The first-order valence-corrected chi connectivity index (χ1v) is 3.38. The van der Waals surface area contributed by atoms with Gasteiger partial charge in [0.05, 0.1) is 5.57 Å². The van der Waals surface area contributed by atoms with E-state index >= 15 is 0 Å². The first kappa shape index (κ1) is 9.75. The van der Waals surface area contributed by atoms with Crippen molar-refractivity contribution in [3.05, 3.63) is 23.9 Å². The van der Waals surface area contributed by atoms with Crippen LogP contribution in [0.5, 0.6) is 0 Å². The number of allylic oxidation sites excluding steroid dienone is 1. The highest BCUT2D eigenvalue weighted by molar-refractivity contribution is 5.94. The molecule has 0 saturated heterocycles. The van der Waals surface area contributed by atoms with Crippen LogP contribution in [0.2, 0.25) is 0 Å². The number of carbonyl (C=O) groups excluding carboxylic acids is 1.